The Morgan fingerprint density at radius 1 is 1.06 bits per heavy atom. The highest BCUT2D eigenvalue weighted by Gasteiger charge is 2.29. The number of benzene rings is 1. The quantitative estimate of drug-likeness (QED) is 0.496. The van der Waals surface area contributed by atoms with E-state index in [1.807, 2.05) is 31.2 Å². The van der Waals surface area contributed by atoms with Crippen LogP contribution in [-0.2, 0) is 11.2 Å². The minimum Gasteiger partial charge on any atom is -0.338 e. The molecule has 2 fully saturated rings. The first kappa shape index (κ1) is 23.2. The summed E-state index contributed by atoms with van der Waals surface area (Å²) in [4.78, 5) is 37.6. The van der Waals surface area contributed by atoms with Crippen LogP contribution in [-0.4, -0.2) is 63.8 Å². The molecule has 34 heavy (non-hydrogen) atoms. The van der Waals surface area contributed by atoms with Gasteiger partial charge in [0, 0.05) is 48.3 Å². The zero-order valence-corrected chi connectivity index (χ0v) is 21.4. The average Bonchev–Trinajstić information content (AvgIpc) is 3.61. The molecule has 0 atom stereocenters. The van der Waals surface area contributed by atoms with Crippen molar-refractivity contribution in [3.8, 4) is 0 Å². The summed E-state index contributed by atoms with van der Waals surface area (Å²) in [5.74, 6) is 1.85. The van der Waals surface area contributed by atoms with E-state index in [2.05, 4.69) is 39.1 Å². The smallest absolute Gasteiger partial charge is 0.234 e. The number of rotatable bonds is 8. The van der Waals surface area contributed by atoms with Gasteiger partial charge in [-0.3, -0.25) is 10.1 Å². The Labute approximate surface area is 208 Å². The molecule has 1 saturated carbocycles. The van der Waals surface area contributed by atoms with Crippen LogP contribution in [0.25, 0.3) is 0 Å². The van der Waals surface area contributed by atoms with Crippen LogP contribution in [0, 0.1) is 19.8 Å². The van der Waals surface area contributed by atoms with Gasteiger partial charge in [0.15, 0.2) is 10.3 Å². The zero-order valence-electron chi connectivity index (χ0n) is 19.7. The summed E-state index contributed by atoms with van der Waals surface area (Å²) in [7, 11) is 2.13. The summed E-state index contributed by atoms with van der Waals surface area (Å²) in [6.07, 6.45) is 2.63. The fourth-order valence-corrected chi connectivity index (χ4v) is 5.30. The standard InChI is InChI=1S/C24H29N7OS2/c1-15-16(2)33-23(25-15)27-21-26-22(31-12-10-30(3)11-13-31)29-24(28-21)34-19-8-4-17(5-9-19)14-20(32)18-6-7-18/h4-5,8-9,18H,6-7,10-14H2,1-3H3,(H,25,26,27,28,29). The summed E-state index contributed by atoms with van der Waals surface area (Å²) in [6.45, 7) is 7.77. The number of carbonyl (C=O) groups is 1. The summed E-state index contributed by atoms with van der Waals surface area (Å²) >= 11 is 3.10. The highest BCUT2D eigenvalue weighted by molar-refractivity contribution is 7.99. The van der Waals surface area contributed by atoms with Gasteiger partial charge in [-0.05, 0) is 63.2 Å². The number of aryl methyl sites for hydroxylation is 2. The SMILES string of the molecule is Cc1nc(Nc2nc(Sc3ccc(CC(=O)C4CC4)cc3)nc(N3CCN(C)CC3)n2)sc1C. The maximum absolute atomic E-state index is 12.1. The maximum atomic E-state index is 12.1. The number of thiazole rings is 1. The number of ketones is 1. The first-order valence-electron chi connectivity index (χ1n) is 11.6. The van der Waals surface area contributed by atoms with Crippen molar-refractivity contribution < 1.29 is 4.79 Å². The number of hydrogen-bond donors (Lipinski definition) is 1. The van der Waals surface area contributed by atoms with Gasteiger partial charge in [0.1, 0.15) is 5.78 Å². The van der Waals surface area contributed by atoms with E-state index in [4.69, 9.17) is 9.97 Å². The van der Waals surface area contributed by atoms with Crippen LogP contribution < -0.4 is 10.2 Å². The minimum absolute atomic E-state index is 0.295. The number of aromatic nitrogens is 4. The molecule has 8 nitrogen and oxygen atoms in total. The van der Waals surface area contributed by atoms with E-state index in [0.717, 1.165) is 60.3 Å². The summed E-state index contributed by atoms with van der Waals surface area (Å²) in [5.41, 5.74) is 2.07. The molecule has 10 heteroatoms. The first-order valence-corrected chi connectivity index (χ1v) is 13.3. The Balaban J connectivity index is 1.36. The lowest BCUT2D eigenvalue weighted by Gasteiger charge is -2.32. The Kier molecular flexibility index (Phi) is 6.80. The van der Waals surface area contributed by atoms with Gasteiger partial charge in [-0.2, -0.15) is 15.0 Å². The van der Waals surface area contributed by atoms with Crippen LogP contribution in [0.15, 0.2) is 34.3 Å². The van der Waals surface area contributed by atoms with Crippen molar-refractivity contribution in [2.75, 3.05) is 43.4 Å². The zero-order chi connectivity index (χ0) is 23.7. The van der Waals surface area contributed by atoms with Crippen LogP contribution in [0.3, 0.4) is 0 Å². The molecule has 0 bridgehead atoms. The van der Waals surface area contributed by atoms with Gasteiger partial charge >= 0.3 is 0 Å². The predicted octanol–water partition coefficient (Wildman–Crippen LogP) is 4.11. The van der Waals surface area contributed by atoms with Gasteiger partial charge in [0.05, 0.1) is 5.69 Å². The highest BCUT2D eigenvalue weighted by atomic mass is 32.2. The lowest BCUT2D eigenvalue weighted by Crippen LogP contribution is -2.45. The minimum atomic E-state index is 0.295. The lowest BCUT2D eigenvalue weighted by molar-refractivity contribution is -0.119. The number of anilines is 3. The van der Waals surface area contributed by atoms with Gasteiger partial charge in [0.25, 0.3) is 0 Å². The fraction of sp³-hybridized carbons (Fsp3) is 0.458. The van der Waals surface area contributed by atoms with Crippen LogP contribution in [0.5, 0.6) is 0 Å². The molecular formula is C24H29N7OS2. The first-order chi connectivity index (χ1) is 16.4. The van der Waals surface area contributed by atoms with Gasteiger partial charge in [-0.1, -0.05) is 12.1 Å². The van der Waals surface area contributed by atoms with E-state index in [-0.39, 0.29) is 0 Å². The average molecular weight is 496 g/mol. The van der Waals surface area contributed by atoms with Crippen LogP contribution in [0.1, 0.15) is 29.0 Å². The second kappa shape index (κ2) is 9.97. The molecule has 0 spiro atoms. The molecule has 5 rings (SSSR count). The molecule has 3 heterocycles. The van der Waals surface area contributed by atoms with Gasteiger partial charge < -0.3 is 9.80 Å². The number of carbonyl (C=O) groups excluding carboxylic acids is 1. The van der Waals surface area contributed by atoms with E-state index in [9.17, 15) is 4.79 Å². The van der Waals surface area contributed by atoms with E-state index >= 15 is 0 Å². The van der Waals surface area contributed by atoms with Crippen molar-refractivity contribution in [1.29, 1.82) is 0 Å². The fourth-order valence-electron chi connectivity index (χ4n) is 3.75. The molecule has 1 saturated heterocycles. The predicted molar refractivity (Wildman–Crippen MR) is 136 cm³/mol. The third-order valence-corrected chi connectivity index (χ3v) is 8.04. The molecule has 2 aliphatic rings. The molecule has 1 aromatic carbocycles. The normalized spacial score (nSPS) is 16.6. The third-order valence-electron chi connectivity index (χ3n) is 6.18. The molecule has 1 aliphatic heterocycles. The molecule has 178 valence electrons. The van der Waals surface area contributed by atoms with Crippen molar-refractivity contribution in [2.45, 2.75) is 43.2 Å². The second-order valence-corrected chi connectivity index (χ2v) is 11.2. The Bertz CT molecular complexity index is 1150. The molecule has 1 aliphatic carbocycles. The summed E-state index contributed by atoms with van der Waals surface area (Å²) < 4.78 is 0. The molecular weight excluding hydrogens is 466 g/mol. The van der Waals surface area contributed by atoms with Crippen molar-refractivity contribution in [1.82, 2.24) is 24.8 Å². The number of likely N-dealkylation sites (N-methyl/N-ethyl adjacent to an activating group) is 1. The van der Waals surface area contributed by atoms with Crippen LogP contribution in [0.2, 0.25) is 0 Å². The molecule has 2 aromatic heterocycles. The largest absolute Gasteiger partial charge is 0.338 e. The summed E-state index contributed by atoms with van der Waals surface area (Å²) in [5, 5.41) is 4.71. The van der Waals surface area contributed by atoms with Crippen molar-refractivity contribution in [3.05, 3.63) is 40.4 Å². The van der Waals surface area contributed by atoms with Crippen molar-refractivity contribution in [2.24, 2.45) is 5.92 Å². The van der Waals surface area contributed by atoms with E-state index in [1.54, 1.807) is 11.3 Å². The summed E-state index contributed by atoms with van der Waals surface area (Å²) in [6, 6.07) is 8.15. The van der Waals surface area contributed by atoms with Crippen molar-refractivity contribution >= 4 is 45.9 Å². The number of piperazine rings is 1. The number of hydrogen-bond acceptors (Lipinski definition) is 10. The van der Waals surface area contributed by atoms with E-state index in [1.165, 1.54) is 16.6 Å². The number of Topliss-reactive ketones (excluding diaryl/α,β-unsaturated/α-hetero) is 1. The monoisotopic (exact) mass is 495 g/mol. The van der Waals surface area contributed by atoms with Gasteiger partial charge in [-0.25, -0.2) is 4.98 Å². The highest BCUT2D eigenvalue weighted by Crippen LogP contribution is 2.32. The molecule has 0 radical (unpaired) electrons. The van der Waals surface area contributed by atoms with Crippen LogP contribution >= 0.6 is 23.1 Å². The molecule has 0 amide bonds. The van der Waals surface area contributed by atoms with Crippen molar-refractivity contribution in [3.63, 3.8) is 0 Å². The van der Waals surface area contributed by atoms with Crippen LogP contribution in [0.4, 0.5) is 17.0 Å². The number of nitrogens with one attached hydrogen (secondary N) is 1. The van der Waals surface area contributed by atoms with E-state index in [0.29, 0.717) is 35.2 Å². The van der Waals surface area contributed by atoms with Gasteiger partial charge in [-0.15, -0.1) is 11.3 Å². The molecule has 3 aromatic rings. The third kappa shape index (κ3) is 5.73. The second-order valence-electron chi connectivity index (χ2n) is 8.98. The lowest BCUT2D eigenvalue weighted by atomic mass is 10.1. The topological polar surface area (TPSA) is 87.1 Å². The molecule has 1 N–H and O–H groups in total. The Hall–Kier alpha value is -2.56. The van der Waals surface area contributed by atoms with E-state index < -0.39 is 0 Å². The van der Waals surface area contributed by atoms with Gasteiger partial charge in [0.2, 0.25) is 11.9 Å². The Morgan fingerprint density at radius 2 is 1.79 bits per heavy atom. The Morgan fingerprint density at radius 3 is 2.44 bits per heavy atom. The molecule has 0 unspecified atom stereocenters. The maximum Gasteiger partial charge on any atom is 0.234 e. The number of nitrogens with zero attached hydrogens (tertiary/aromatic N) is 6.